The summed E-state index contributed by atoms with van der Waals surface area (Å²) in [4.78, 5) is 40.9. The number of ether oxygens (including phenoxy) is 1. The predicted molar refractivity (Wildman–Crippen MR) is 268 cm³/mol. The third-order valence-corrected chi connectivity index (χ3v) is 17.0. The highest BCUT2D eigenvalue weighted by atomic mass is 16.6. The number of nitrogens with one attached hydrogen (secondary N) is 2. The van der Waals surface area contributed by atoms with E-state index in [1.54, 1.807) is 10.5 Å². The highest BCUT2D eigenvalue weighted by Gasteiger charge is 2.59. The summed E-state index contributed by atoms with van der Waals surface area (Å²) < 4.78 is 6.07. The van der Waals surface area contributed by atoms with Gasteiger partial charge in [-0.3, -0.25) is 9.59 Å². The fourth-order valence-corrected chi connectivity index (χ4v) is 13.1. The third kappa shape index (κ3) is 17.4. The van der Waals surface area contributed by atoms with Crippen molar-refractivity contribution in [3.63, 3.8) is 0 Å². The molecule has 0 aromatic rings. The highest BCUT2D eigenvalue weighted by molar-refractivity contribution is 5.84. The van der Waals surface area contributed by atoms with E-state index in [0.717, 1.165) is 99.7 Å². The lowest BCUT2D eigenvalue weighted by Crippen LogP contribution is -2.51. The van der Waals surface area contributed by atoms with E-state index in [2.05, 4.69) is 70.4 Å². The summed E-state index contributed by atoms with van der Waals surface area (Å²) >= 11 is 0. The van der Waals surface area contributed by atoms with E-state index in [1.165, 1.54) is 109 Å². The van der Waals surface area contributed by atoms with Crippen LogP contribution in [0.4, 0.5) is 4.79 Å². The normalized spacial score (nSPS) is 26.8. The molecule has 8 nitrogen and oxygen atoms in total. The third-order valence-electron chi connectivity index (χ3n) is 17.0. The first kappa shape index (κ1) is 54.3. The topological polar surface area (TPSA) is 114 Å². The van der Waals surface area contributed by atoms with E-state index in [9.17, 15) is 14.4 Å². The average molecular weight is 893 g/mol. The standard InChI is InChI=1S/C56H100N4O4/c1-7-8-9-10-11-12-13-14-15-16-17-18-19-20-21-29-53(62)60(43-52(61)58-39-23-22-38-57)41-25-24-40-59-54(63)64-47-34-36-55(5)46(42-47)30-31-48-50-33-32-49(45(4)28-26-27-44(2)3)56(50,6)37-35-51(48)55/h14-15,30,44-45,47-51H,7-13,16-29,31-43,57H2,1-6H3,(H,58,61)(H,59,63)/b15-14-/t45-,47+,48+,49-,50+,51+,55+,56-/m1/s1. The van der Waals surface area contributed by atoms with E-state index in [0.29, 0.717) is 44.4 Å². The van der Waals surface area contributed by atoms with Gasteiger partial charge < -0.3 is 26.0 Å². The molecule has 8 atom stereocenters. The second-order valence-electron chi connectivity index (χ2n) is 22.2. The zero-order valence-electron chi connectivity index (χ0n) is 42.5. The zero-order valence-corrected chi connectivity index (χ0v) is 42.5. The van der Waals surface area contributed by atoms with Gasteiger partial charge in [0.25, 0.3) is 0 Å². The molecule has 4 aliphatic carbocycles. The largest absolute Gasteiger partial charge is 0.446 e. The quantitative estimate of drug-likeness (QED) is 0.0460. The van der Waals surface area contributed by atoms with Crippen LogP contribution in [0.25, 0.3) is 0 Å². The Balaban J connectivity index is 1.14. The molecule has 0 saturated heterocycles. The first-order valence-corrected chi connectivity index (χ1v) is 27.5. The van der Waals surface area contributed by atoms with Crippen LogP contribution in [-0.4, -0.2) is 61.6 Å². The van der Waals surface area contributed by atoms with Crippen molar-refractivity contribution in [2.75, 3.05) is 32.7 Å². The maximum Gasteiger partial charge on any atom is 0.407 e. The molecule has 0 aromatic carbocycles. The summed E-state index contributed by atoms with van der Waals surface area (Å²) in [6.07, 6.45) is 40.2. The number of unbranched alkanes of at least 4 members (excludes halogenated alkanes) is 13. The number of nitrogens with zero attached hydrogens (tertiary/aromatic N) is 1. The molecule has 3 saturated carbocycles. The predicted octanol–water partition coefficient (Wildman–Crippen LogP) is 13.6. The fourth-order valence-electron chi connectivity index (χ4n) is 13.1. The number of carbonyl (C=O) groups excluding carboxylic acids is 3. The molecule has 4 rings (SSSR count). The van der Waals surface area contributed by atoms with Gasteiger partial charge in [-0.15, -0.1) is 0 Å². The Bertz CT molecular complexity index is 1410. The van der Waals surface area contributed by atoms with Crippen LogP contribution < -0.4 is 16.4 Å². The second kappa shape index (κ2) is 29.4. The van der Waals surface area contributed by atoms with Crippen LogP contribution in [0.15, 0.2) is 23.8 Å². The Morgan fingerprint density at radius 3 is 2.19 bits per heavy atom. The molecule has 0 aliphatic heterocycles. The van der Waals surface area contributed by atoms with Crippen LogP contribution in [0.3, 0.4) is 0 Å². The summed E-state index contributed by atoms with van der Waals surface area (Å²) in [6.45, 7) is 17.1. The molecule has 3 fully saturated rings. The van der Waals surface area contributed by atoms with Gasteiger partial charge in [0.2, 0.25) is 11.8 Å². The summed E-state index contributed by atoms with van der Waals surface area (Å²) in [6, 6.07) is 0. The van der Waals surface area contributed by atoms with Crippen LogP contribution >= 0.6 is 0 Å². The van der Waals surface area contributed by atoms with Crippen LogP contribution in [-0.2, 0) is 14.3 Å². The minimum absolute atomic E-state index is 0.0477. The maximum absolute atomic E-state index is 13.4. The molecule has 4 N–H and O–H groups in total. The summed E-state index contributed by atoms with van der Waals surface area (Å²) in [5, 5.41) is 5.97. The zero-order chi connectivity index (χ0) is 46.2. The van der Waals surface area contributed by atoms with Crippen molar-refractivity contribution < 1.29 is 19.1 Å². The van der Waals surface area contributed by atoms with Gasteiger partial charge in [0.15, 0.2) is 0 Å². The maximum atomic E-state index is 13.4. The van der Waals surface area contributed by atoms with Gasteiger partial charge in [0.05, 0.1) is 6.54 Å². The molecule has 64 heavy (non-hydrogen) atoms. The Hall–Kier alpha value is -2.35. The van der Waals surface area contributed by atoms with Crippen LogP contribution in [0.5, 0.6) is 0 Å². The van der Waals surface area contributed by atoms with E-state index in [-0.39, 0.29) is 36.0 Å². The van der Waals surface area contributed by atoms with Crippen molar-refractivity contribution in [1.82, 2.24) is 15.5 Å². The highest BCUT2D eigenvalue weighted by Crippen LogP contribution is 2.67. The van der Waals surface area contributed by atoms with Crippen LogP contribution in [0.2, 0.25) is 0 Å². The first-order valence-electron chi connectivity index (χ1n) is 27.5. The minimum Gasteiger partial charge on any atom is -0.446 e. The molecular weight excluding hydrogens is 793 g/mol. The second-order valence-corrected chi connectivity index (χ2v) is 22.2. The lowest BCUT2D eigenvalue weighted by atomic mass is 9.47. The molecular formula is C56H100N4O4. The minimum atomic E-state index is -0.329. The number of allylic oxidation sites excluding steroid dienone is 3. The van der Waals surface area contributed by atoms with Gasteiger partial charge in [0.1, 0.15) is 6.10 Å². The number of hydrogen-bond acceptors (Lipinski definition) is 5. The smallest absolute Gasteiger partial charge is 0.407 e. The Kier molecular flexibility index (Phi) is 24.9. The number of nitrogens with two attached hydrogens (primary N) is 1. The molecule has 8 heteroatoms. The molecule has 3 amide bonds. The number of hydrogen-bond donors (Lipinski definition) is 3. The Morgan fingerprint density at radius 2 is 1.47 bits per heavy atom. The van der Waals surface area contributed by atoms with Crippen LogP contribution in [0, 0.1) is 46.3 Å². The summed E-state index contributed by atoms with van der Waals surface area (Å²) in [5.41, 5.74) is 7.90. The van der Waals surface area contributed by atoms with Gasteiger partial charge in [-0.25, -0.2) is 4.79 Å². The number of amides is 3. The molecule has 0 aromatic heterocycles. The van der Waals surface area contributed by atoms with Crippen molar-refractivity contribution in [3.05, 3.63) is 23.8 Å². The van der Waals surface area contributed by atoms with Gasteiger partial charge in [0, 0.05) is 32.5 Å². The Morgan fingerprint density at radius 1 is 0.781 bits per heavy atom. The van der Waals surface area contributed by atoms with E-state index in [4.69, 9.17) is 10.5 Å². The van der Waals surface area contributed by atoms with Gasteiger partial charge in [-0.05, 0) is 156 Å². The molecule has 4 aliphatic rings. The SMILES string of the molecule is CCCCCCCC/C=C\CCCCCCCC(=O)N(CCCCNC(=O)O[C@H]1CC[C@@]2(C)C(=CC[C@H]3[C@@H]4CC[C@H]([C@H](C)CCCC(C)C)[C@@]4(C)CC[C@@H]32)C1)CC(=O)NCCCCN. The van der Waals surface area contributed by atoms with Crippen LogP contribution in [0.1, 0.15) is 228 Å². The monoisotopic (exact) mass is 893 g/mol. The molecule has 0 unspecified atom stereocenters. The lowest BCUT2D eigenvalue weighted by Gasteiger charge is -2.58. The lowest BCUT2D eigenvalue weighted by molar-refractivity contribution is -0.136. The average Bonchev–Trinajstić information content (AvgIpc) is 3.63. The van der Waals surface area contributed by atoms with Crippen molar-refractivity contribution in [2.45, 2.75) is 234 Å². The number of fused-ring (bicyclic) bond motifs is 5. The van der Waals surface area contributed by atoms with Gasteiger partial charge in [-0.1, -0.05) is 136 Å². The molecule has 0 spiro atoms. The fraction of sp³-hybridized carbons (Fsp3) is 0.875. The first-order chi connectivity index (χ1) is 30.9. The summed E-state index contributed by atoms with van der Waals surface area (Å²) in [5.74, 6) is 4.86. The molecule has 0 radical (unpaired) electrons. The number of alkyl carbamates (subject to hydrolysis) is 1. The van der Waals surface area contributed by atoms with Crippen molar-refractivity contribution in [3.8, 4) is 0 Å². The van der Waals surface area contributed by atoms with Crippen molar-refractivity contribution >= 4 is 17.9 Å². The van der Waals surface area contributed by atoms with Crippen molar-refractivity contribution in [1.29, 1.82) is 0 Å². The van der Waals surface area contributed by atoms with Gasteiger partial charge in [-0.2, -0.15) is 0 Å². The number of carbonyl (C=O) groups is 3. The van der Waals surface area contributed by atoms with Gasteiger partial charge >= 0.3 is 6.09 Å². The van der Waals surface area contributed by atoms with E-state index >= 15 is 0 Å². The molecule has 368 valence electrons. The molecule has 0 bridgehead atoms. The van der Waals surface area contributed by atoms with E-state index < -0.39 is 0 Å². The molecule has 0 heterocycles. The number of rotatable bonds is 32. The Labute approximate surface area is 393 Å². The van der Waals surface area contributed by atoms with E-state index in [1.807, 2.05) is 0 Å². The summed E-state index contributed by atoms with van der Waals surface area (Å²) in [7, 11) is 0. The van der Waals surface area contributed by atoms with Crippen molar-refractivity contribution in [2.24, 2.45) is 52.1 Å².